The van der Waals surface area contributed by atoms with Crippen LogP contribution in [0.2, 0.25) is 5.02 Å². The molecule has 0 spiro atoms. The van der Waals surface area contributed by atoms with Crippen LogP contribution in [0, 0.1) is 10.8 Å². The van der Waals surface area contributed by atoms with Gasteiger partial charge >= 0.3 is 0 Å². The number of carbonyl (C=O) groups excluding carboxylic acids is 1. The zero-order valence-electron chi connectivity index (χ0n) is 10.5. The summed E-state index contributed by atoms with van der Waals surface area (Å²) in [5.74, 6) is -0.124. The number of carbonyl (C=O) groups is 1. The molecule has 0 bridgehead atoms. The maximum atomic E-state index is 12.1. The Balaban J connectivity index is 2.13. The summed E-state index contributed by atoms with van der Waals surface area (Å²) >= 11 is 5.94. The smallest absolute Gasteiger partial charge is 0.253 e. The largest absolute Gasteiger partial charge is 0.348 e. The molecule has 0 aliphatic heterocycles. The van der Waals surface area contributed by atoms with Gasteiger partial charge in [-0.25, -0.2) is 0 Å². The highest BCUT2D eigenvalue weighted by Crippen LogP contribution is 2.62. The van der Waals surface area contributed by atoms with Gasteiger partial charge in [0.25, 0.3) is 5.91 Å². The van der Waals surface area contributed by atoms with Gasteiger partial charge in [-0.3, -0.25) is 9.78 Å². The van der Waals surface area contributed by atoms with Gasteiger partial charge in [0.1, 0.15) is 0 Å². The summed E-state index contributed by atoms with van der Waals surface area (Å²) in [6.45, 7) is 8.64. The molecule has 3 nitrogen and oxygen atoms in total. The molecule has 0 radical (unpaired) electrons. The van der Waals surface area contributed by atoms with Crippen molar-refractivity contribution in [3.8, 4) is 0 Å². The third kappa shape index (κ3) is 1.82. The fraction of sp³-hybridized carbons (Fsp3) is 0.538. The van der Waals surface area contributed by atoms with E-state index in [4.69, 9.17) is 11.6 Å². The molecule has 0 aromatic carbocycles. The molecule has 1 saturated carbocycles. The lowest BCUT2D eigenvalue weighted by Crippen LogP contribution is -2.30. The molecule has 0 atom stereocenters. The molecule has 17 heavy (non-hydrogen) atoms. The van der Waals surface area contributed by atoms with Gasteiger partial charge in [-0.15, -0.1) is 0 Å². The lowest BCUT2D eigenvalue weighted by molar-refractivity contribution is 0.0943. The molecular weight excluding hydrogens is 236 g/mol. The molecule has 1 amide bonds. The molecular formula is C13H17ClN2O. The quantitative estimate of drug-likeness (QED) is 0.879. The lowest BCUT2D eigenvalue weighted by atomic mass is 10.0. The number of pyridine rings is 1. The maximum Gasteiger partial charge on any atom is 0.253 e. The number of aromatic nitrogens is 1. The van der Waals surface area contributed by atoms with Gasteiger partial charge in [0.05, 0.1) is 10.6 Å². The van der Waals surface area contributed by atoms with Crippen LogP contribution in [0.25, 0.3) is 0 Å². The second-order valence-electron chi connectivity index (χ2n) is 5.71. The molecule has 1 fully saturated rings. The summed E-state index contributed by atoms with van der Waals surface area (Å²) in [5.41, 5.74) is 0.741. The van der Waals surface area contributed by atoms with Crippen LogP contribution in [0.3, 0.4) is 0 Å². The van der Waals surface area contributed by atoms with E-state index in [0.29, 0.717) is 10.6 Å². The van der Waals surface area contributed by atoms with E-state index in [0.717, 1.165) is 0 Å². The normalized spacial score (nSPS) is 21.0. The Bertz CT molecular complexity index is 454. The van der Waals surface area contributed by atoms with Crippen molar-refractivity contribution < 1.29 is 4.79 Å². The van der Waals surface area contributed by atoms with Crippen molar-refractivity contribution in [2.24, 2.45) is 10.8 Å². The highest BCUT2D eigenvalue weighted by molar-refractivity contribution is 6.33. The summed E-state index contributed by atoms with van der Waals surface area (Å²) in [4.78, 5) is 15.9. The SMILES string of the molecule is CC1(C)C(NC(=O)c2ccncc2Cl)C1(C)C. The van der Waals surface area contributed by atoms with E-state index < -0.39 is 0 Å². The number of hydrogen-bond donors (Lipinski definition) is 1. The number of amides is 1. The van der Waals surface area contributed by atoms with Crippen molar-refractivity contribution in [1.29, 1.82) is 0 Å². The molecule has 1 heterocycles. The molecule has 1 aromatic rings. The van der Waals surface area contributed by atoms with Crippen molar-refractivity contribution in [2.75, 3.05) is 0 Å². The van der Waals surface area contributed by atoms with E-state index in [2.05, 4.69) is 38.0 Å². The Kier molecular flexibility index (Phi) is 2.69. The summed E-state index contributed by atoms with van der Waals surface area (Å²) in [7, 11) is 0. The fourth-order valence-electron chi connectivity index (χ4n) is 2.33. The monoisotopic (exact) mass is 252 g/mol. The van der Waals surface area contributed by atoms with Crippen molar-refractivity contribution in [2.45, 2.75) is 33.7 Å². The van der Waals surface area contributed by atoms with Gasteiger partial charge in [-0.05, 0) is 16.9 Å². The van der Waals surface area contributed by atoms with E-state index >= 15 is 0 Å². The summed E-state index contributed by atoms with van der Waals surface area (Å²) in [5, 5.41) is 3.43. The first-order valence-electron chi connectivity index (χ1n) is 5.69. The first kappa shape index (κ1) is 12.4. The van der Waals surface area contributed by atoms with Gasteiger partial charge in [-0.2, -0.15) is 0 Å². The molecule has 92 valence electrons. The van der Waals surface area contributed by atoms with Crippen LogP contribution in [0.5, 0.6) is 0 Å². The average molecular weight is 253 g/mol. The molecule has 1 aromatic heterocycles. The number of nitrogens with one attached hydrogen (secondary N) is 1. The minimum absolute atomic E-state index is 0.124. The molecule has 0 saturated heterocycles. The van der Waals surface area contributed by atoms with Crippen molar-refractivity contribution in [1.82, 2.24) is 10.3 Å². The van der Waals surface area contributed by atoms with Gasteiger partial charge in [0.15, 0.2) is 0 Å². The standard InChI is InChI=1S/C13H17ClN2O/c1-12(2)11(13(12,3)4)16-10(17)8-5-6-15-7-9(8)14/h5-7,11H,1-4H3,(H,16,17). The number of nitrogens with zero attached hydrogens (tertiary/aromatic N) is 1. The summed E-state index contributed by atoms with van der Waals surface area (Å²) in [6, 6.07) is 1.83. The van der Waals surface area contributed by atoms with Gasteiger partial charge in [-0.1, -0.05) is 39.3 Å². The fourth-order valence-corrected chi connectivity index (χ4v) is 2.53. The second kappa shape index (κ2) is 3.70. The Morgan fingerprint density at radius 1 is 1.35 bits per heavy atom. The van der Waals surface area contributed by atoms with Crippen LogP contribution < -0.4 is 5.32 Å². The van der Waals surface area contributed by atoms with Crippen LogP contribution in [0.1, 0.15) is 38.1 Å². The Morgan fingerprint density at radius 3 is 2.41 bits per heavy atom. The van der Waals surface area contributed by atoms with Crippen molar-refractivity contribution in [3.63, 3.8) is 0 Å². The first-order chi connectivity index (χ1) is 7.78. The van der Waals surface area contributed by atoms with Crippen LogP contribution in [0.15, 0.2) is 18.5 Å². The van der Waals surface area contributed by atoms with Crippen molar-refractivity contribution in [3.05, 3.63) is 29.0 Å². The minimum atomic E-state index is -0.124. The van der Waals surface area contributed by atoms with E-state index in [1.165, 1.54) is 6.20 Å². The van der Waals surface area contributed by atoms with E-state index in [1.54, 1.807) is 12.3 Å². The lowest BCUT2D eigenvalue weighted by Gasteiger charge is -2.07. The maximum absolute atomic E-state index is 12.1. The van der Waals surface area contributed by atoms with E-state index in [1.807, 2.05) is 0 Å². The molecule has 2 rings (SSSR count). The molecule has 1 aliphatic rings. The third-order valence-electron chi connectivity index (χ3n) is 4.31. The van der Waals surface area contributed by atoms with E-state index in [-0.39, 0.29) is 22.8 Å². The number of halogens is 1. The molecule has 0 unspecified atom stereocenters. The highest BCUT2D eigenvalue weighted by Gasteiger charge is 2.65. The second-order valence-corrected chi connectivity index (χ2v) is 6.11. The van der Waals surface area contributed by atoms with Gasteiger partial charge in [0.2, 0.25) is 0 Å². The highest BCUT2D eigenvalue weighted by atomic mass is 35.5. The molecule has 1 N–H and O–H groups in total. The Hall–Kier alpha value is -1.09. The van der Waals surface area contributed by atoms with Gasteiger partial charge in [0, 0.05) is 18.4 Å². The van der Waals surface area contributed by atoms with Crippen LogP contribution in [-0.4, -0.2) is 16.9 Å². The number of rotatable bonds is 2. The van der Waals surface area contributed by atoms with Crippen LogP contribution in [0.4, 0.5) is 0 Å². The summed E-state index contributed by atoms with van der Waals surface area (Å²) in [6.07, 6.45) is 3.06. The van der Waals surface area contributed by atoms with Crippen LogP contribution in [-0.2, 0) is 0 Å². The zero-order chi connectivity index (χ0) is 12.8. The van der Waals surface area contributed by atoms with Crippen LogP contribution >= 0.6 is 11.6 Å². The Morgan fingerprint density at radius 2 is 1.94 bits per heavy atom. The van der Waals surface area contributed by atoms with E-state index in [9.17, 15) is 4.79 Å². The first-order valence-corrected chi connectivity index (χ1v) is 6.06. The molecule has 1 aliphatic carbocycles. The topological polar surface area (TPSA) is 42.0 Å². The minimum Gasteiger partial charge on any atom is -0.348 e. The molecule has 4 heteroatoms. The van der Waals surface area contributed by atoms with Gasteiger partial charge < -0.3 is 5.32 Å². The zero-order valence-corrected chi connectivity index (χ0v) is 11.3. The predicted octanol–water partition coefficient (Wildman–Crippen LogP) is 2.90. The average Bonchev–Trinajstić information content (AvgIpc) is 2.61. The predicted molar refractivity (Wildman–Crippen MR) is 68.1 cm³/mol. The van der Waals surface area contributed by atoms with Crippen molar-refractivity contribution >= 4 is 17.5 Å². The summed E-state index contributed by atoms with van der Waals surface area (Å²) < 4.78 is 0. The number of hydrogen-bond acceptors (Lipinski definition) is 2. The third-order valence-corrected chi connectivity index (χ3v) is 4.61. The Labute approximate surface area is 107 Å².